The number of benzene rings is 2. The van der Waals surface area contributed by atoms with Crippen LogP contribution in [0.2, 0.25) is 0 Å². The summed E-state index contributed by atoms with van der Waals surface area (Å²) in [6, 6.07) is 18.5. The summed E-state index contributed by atoms with van der Waals surface area (Å²) in [5, 5.41) is 4.10. The second kappa shape index (κ2) is 11.4. The molecule has 0 spiro atoms. The van der Waals surface area contributed by atoms with Crippen LogP contribution >= 0.6 is 15.8 Å². The Hall–Kier alpha value is -0.812. The van der Waals surface area contributed by atoms with Crippen LogP contribution in [-0.4, -0.2) is 17.6 Å². The Morgan fingerprint density at radius 1 is 0.622 bits per heavy atom. The molecule has 0 aromatic heterocycles. The third kappa shape index (κ3) is 6.86. The maximum Gasteiger partial charge on any atom is 0.673 e. The first-order valence-corrected chi connectivity index (χ1v) is 15.5. The molecule has 0 saturated carbocycles. The molecule has 1 radical (unpaired) electrons. The average molecular weight is 636 g/mol. The van der Waals surface area contributed by atoms with Gasteiger partial charge in [0, 0.05) is 30.8 Å². The van der Waals surface area contributed by atoms with Gasteiger partial charge in [-0.25, -0.2) is 0 Å². The van der Waals surface area contributed by atoms with Gasteiger partial charge in [0.05, 0.1) is 0 Å². The number of fused-ring (bicyclic) bond motifs is 4. The standard InChI is InChI=1S/C22H28P2.C7H8.BF4.Rh/c1-21(2,3)23-17-13-9-7-11-15(17)19(23)20-16-12-8-10-14-18(16)24(20)22(4,5)6;1-2-7-4-3-6(1)5-7;2-1(3,4)5;/h7-14,19-20H,1-6H3;1-4,6-7H,5H2;;/q;;-1;/t19-,20-,23-,24-;;;/m1.../s1. The van der Waals surface area contributed by atoms with Crippen LogP contribution in [0, 0.1) is 11.8 Å². The van der Waals surface area contributed by atoms with Gasteiger partial charge in [-0.2, -0.15) is 0 Å². The predicted molar refractivity (Wildman–Crippen MR) is 151 cm³/mol. The first-order chi connectivity index (χ1) is 16.7. The van der Waals surface area contributed by atoms with Crippen molar-refractivity contribution in [3.05, 3.63) is 84.0 Å². The van der Waals surface area contributed by atoms with Crippen molar-refractivity contribution in [1.29, 1.82) is 0 Å². The molecule has 0 unspecified atom stereocenters. The fourth-order valence-corrected chi connectivity index (χ4v) is 13.3. The van der Waals surface area contributed by atoms with Crippen molar-refractivity contribution in [1.82, 2.24) is 0 Å². The van der Waals surface area contributed by atoms with Gasteiger partial charge in [0.2, 0.25) is 0 Å². The van der Waals surface area contributed by atoms with E-state index in [1.165, 1.54) is 6.42 Å². The molecule has 6 rings (SSSR count). The van der Waals surface area contributed by atoms with E-state index < -0.39 is 7.25 Å². The molecule has 2 aliphatic carbocycles. The van der Waals surface area contributed by atoms with Crippen molar-refractivity contribution >= 4 is 33.7 Å². The smallest absolute Gasteiger partial charge is 0.418 e. The van der Waals surface area contributed by atoms with Gasteiger partial charge in [0.1, 0.15) is 0 Å². The molecule has 4 atom stereocenters. The van der Waals surface area contributed by atoms with Gasteiger partial charge in [-0.05, 0) is 50.3 Å². The molecular formula is C29H36BF4P2Rh-. The molecule has 0 N–H and O–H groups in total. The molecule has 8 heteroatoms. The molecule has 2 heterocycles. The minimum absolute atomic E-state index is 0. The molecule has 2 aromatic rings. The maximum absolute atomic E-state index is 9.75. The van der Waals surface area contributed by atoms with Crippen molar-refractivity contribution < 1.29 is 36.7 Å². The van der Waals surface area contributed by atoms with Gasteiger partial charge < -0.3 is 17.3 Å². The van der Waals surface area contributed by atoms with Crippen LogP contribution in [0.1, 0.15) is 70.4 Å². The van der Waals surface area contributed by atoms with Crippen LogP contribution in [-0.2, 0) is 19.5 Å². The minimum Gasteiger partial charge on any atom is -0.418 e. The van der Waals surface area contributed by atoms with Gasteiger partial charge in [-0.15, -0.1) is 0 Å². The molecule has 2 bridgehead atoms. The van der Waals surface area contributed by atoms with E-state index >= 15 is 0 Å². The Balaban J connectivity index is 0.000000241. The second-order valence-corrected chi connectivity index (χ2v) is 18.2. The molecule has 203 valence electrons. The first kappa shape index (κ1) is 30.7. The van der Waals surface area contributed by atoms with Crippen molar-refractivity contribution in [2.24, 2.45) is 11.8 Å². The van der Waals surface area contributed by atoms with E-state index in [1.807, 2.05) is 0 Å². The van der Waals surface area contributed by atoms with Crippen LogP contribution in [0.25, 0.3) is 0 Å². The van der Waals surface area contributed by atoms with E-state index in [2.05, 4.69) is 114 Å². The summed E-state index contributed by atoms with van der Waals surface area (Å²) in [5.41, 5.74) is 4.82. The fraction of sp³-hybridized carbons (Fsp3) is 0.448. The molecule has 2 aromatic carbocycles. The van der Waals surface area contributed by atoms with Crippen LogP contribution in [0.3, 0.4) is 0 Å². The summed E-state index contributed by atoms with van der Waals surface area (Å²) in [4.78, 5) is 0. The second-order valence-electron chi connectivity index (χ2n) is 11.9. The predicted octanol–water partition coefficient (Wildman–Crippen LogP) is 9.35. The van der Waals surface area contributed by atoms with Crippen LogP contribution in [0.5, 0.6) is 0 Å². The first-order valence-electron chi connectivity index (χ1n) is 12.7. The number of hydrogen-bond acceptors (Lipinski definition) is 0. The summed E-state index contributed by atoms with van der Waals surface area (Å²) >= 11 is 0. The molecule has 0 saturated heterocycles. The zero-order chi connectivity index (χ0) is 26.5. The normalized spacial score (nSPS) is 28.3. The van der Waals surface area contributed by atoms with Gasteiger partial charge in [0.25, 0.3) is 0 Å². The quantitative estimate of drug-likeness (QED) is 0.127. The van der Waals surface area contributed by atoms with Crippen LogP contribution in [0.4, 0.5) is 17.3 Å². The van der Waals surface area contributed by atoms with Gasteiger partial charge in [0.15, 0.2) is 0 Å². The van der Waals surface area contributed by atoms with Crippen LogP contribution < -0.4 is 10.6 Å². The molecule has 0 fully saturated rings. The molecule has 0 amide bonds. The van der Waals surface area contributed by atoms with E-state index in [9.17, 15) is 17.3 Å². The molecule has 0 nitrogen and oxygen atoms in total. The molecule has 4 aliphatic rings. The Morgan fingerprint density at radius 2 is 0.919 bits per heavy atom. The third-order valence-corrected chi connectivity index (χ3v) is 14.3. The zero-order valence-electron chi connectivity index (χ0n) is 22.3. The minimum atomic E-state index is -6.00. The van der Waals surface area contributed by atoms with E-state index in [1.54, 1.807) is 21.7 Å². The average Bonchev–Trinajstić information content (AvgIpc) is 3.36. The number of halogens is 4. The fourth-order valence-electron chi connectivity index (χ4n) is 5.87. The maximum atomic E-state index is 9.75. The summed E-state index contributed by atoms with van der Waals surface area (Å²) in [6.07, 6.45) is 10.5. The number of allylic oxidation sites excluding steroid dienone is 4. The van der Waals surface area contributed by atoms with Crippen molar-refractivity contribution in [2.75, 3.05) is 0 Å². The SMILES string of the molecule is C1=CC2C=CC1C2.CC(C)(C)[P@]1c2ccccc2[C@@H]1[C@H]1c2ccccc2[P@@]1C(C)(C)C.F[B-](F)(F)F.[Rh]. The Morgan fingerprint density at radius 3 is 1.16 bits per heavy atom. The number of hydrogen-bond donors (Lipinski definition) is 0. The Bertz CT molecular complexity index is 1050. The molecule has 2 aliphatic heterocycles. The summed E-state index contributed by atoms with van der Waals surface area (Å²) < 4.78 is 39.0. The van der Waals surface area contributed by atoms with Crippen molar-refractivity contribution in [3.63, 3.8) is 0 Å². The summed E-state index contributed by atoms with van der Waals surface area (Å²) in [7, 11) is -6.19. The van der Waals surface area contributed by atoms with Crippen LogP contribution in [0.15, 0.2) is 72.8 Å². The Labute approximate surface area is 235 Å². The van der Waals surface area contributed by atoms with Crippen molar-refractivity contribution in [3.8, 4) is 0 Å². The van der Waals surface area contributed by atoms with Crippen molar-refractivity contribution in [2.45, 2.75) is 69.6 Å². The van der Waals surface area contributed by atoms with Gasteiger partial charge in [-0.1, -0.05) is 130 Å². The largest absolute Gasteiger partial charge is 0.673 e. The van der Waals surface area contributed by atoms with E-state index in [0.29, 0.717) is 10.3 Å². The van der Waals surface area contributed by atoms with E-state index in [4.69, 9.17) is 0 Å². The third-order valence-electron chi connectivity index (χ3n) is 7.09. The number of rotatable bonds is 1. The van der Waals surface area contributed by atoms with E-state index in [-0.39, 0.29) is 35.3 Å². The zero-order valence-corrected chi connectivity index (χ0v) is 25.7. The molecule has 37 heavy (non-hydrogen) atoms. The summed E-state index contributed by atoms with van der Waals surface area (Å²) in [6.45, 7) is 14.7. The monoisotopic (exact) mass is 636 g/mol. The van der Waals surface area contributed by atoms with Gasteiger partial charge >= 0.3 is 7.25 Å². The molecular weight excluding hydrogens is 600 g/mol. The summed E-state index contributed by atoms with van der Waals surface area (Å²) in [5.74, 6) is 1.62. The topological polar surface area (TPSA) is 0 Å². The van der Waals surface area contributed by atoms with Gasteiger partial charge in [-0.3, -0.25) is 0 Å². The van der Waals surface area contributed by atoms with E-state index in [0.717, 1.165) is 23.2 Å². The Kier molecular flexibility index (Phi) is 9.43.